The zero-order valence-corrected chi connectivity index (χ0v) is 17.5. The number of likely N-dealkylation sites (tertiary alicyclic amines) is 2. The van der Waals surface area contributed by atoms with Crippen LogP contribution in [0.25, 0.3) is 11.0 Å². The molecule has 1 unspecified atom stereocenters. The van der Waals surface area contributed by atoms with Crippen molar-refractivity contribution in [2.24, 2.45) is 17.6 Å². The van der Waals surface area contributed by atoms with Gasteiger partial charge in [-0.25, -0.2) is 0 Å². The smallest absolute Gasteiger partial charge is 0.289 e. The molecule has 0 aliphatic carbocycles. The molecule has 2 aliphatic rings. The molecule has 2 aliphatic heterocycles. The Bertz CT molecular complexity index is 1070. The van der Waals surface area contributed by atoms with E-state index in [1.54, 1.807) is 6.07 Å². The van der Waals surface area contributed by atoms with Gasteiger partial charge >= 0.3 is 0 Å². The Morgan fingerprint density at radius 1 is 0.968 bits per heavy atom. The van der Waals surface area contributed by atoms with Gasteiger partial charge in [0.15, 0.2) is 5.76 Å². The first-order chi connectivity index (χ1) is 15.1. The maximum atomic E-state index is 12.9. The number of furan rings is 1. The molecule has 0 bridgehead atoms. The van der Waals surface area contributed by atoms with Crippen LogP contribution in [-0.4, -0.2) is 54.3 Å². The fraction of sp³-hybridized carbons (Fsp3) is 0.360. The van der Waals surface area contributed by atoms with Gasteiger partial charge in [-0.2, -0.15) is 0 Å². The molecule has 6 nitrogen and oxygen atoms in total. The van der Waals surface area contributed by atoms with E-state index in [1.165, 1.54) is 0 Å². The van der Waals surface area contributed by atoms with Crippen molar-refractivity contribution in [2.45, 2.75) is 12.8 Å². The van der Waals surface area contributed by atoms with E-state index >= 15 is 0 Å². The Labute approximate surface area is 181 Å². The van der Waals surface area contributed by atoms with Crippen molar-refractivity contribution in [2.75, 3.05) is 32.7 Å². The van der Waals surface area contributed by atoms with E-state index in [2.05, 4.69) is 4.90 Å². The zero-order chi connectivity index (χ0) is 21.4. The summed E-state index contributed by atoms with van der Waals surface area (Å²) in [5.41, 5.74) is 7.89. The van der Waals surface area contributed by atoms with Crippen LogP contribution in [0.4, 0.5) is 0 Å². The SMILES string of the molecule is NC(=O)c1ccccc1CCCN1CC2CN(C(=O)c3cc4ccccc4o3)C[C@@H]2C1. The molecule has 6 heteroatoms. The van der Waals surface area contributed by atoms with E-state index in [4.69, 9.17) is 10.2 Å². The number of primary amides is 1. The van der Waals surface area contributed by atoms with E-state index in [0.29, 0.717) is 23.2 Å². The maximum Gasteiger partial charge on any atom is 0.289 e. The van der Waals surface area contributed by atoms with Crippen LogP contribution in [0.2, 0.25) is 0 Å². The number of nitrogens with two attached hydrogens (primary N) is 1. The second kappa shape index (κ2) is 8.19. The van der Waals surface area contributed by atoms with Gasteiger partial charge in [-0.05, 0) is 55.0 Å². The van der Waals surface area contributed by atoms with Crippen LogP contribution >= 0.6 is 0 Å². The van der Waals surface area contributed by atoms with Crippen LogP contribution in [-0.2, 0) is 6.42 Å². The molecule has 2 fully saturated rings. The largest absolute Gasteiger partial charge is 0.451 e. The van der Waals surface area contributed by atoms with E-state index in [1.807, 2.05) is 53.4 Å². The Morgan fingerprint density at radius 3 is 2.42 bits per heavy atom. The molecule has 1 aromatic heterocycles. The predicted molar refractivity (Wildman–Crippen MR) is 119 cm³/mol. The highest BCUT2D eigenvalue weighted by atomic mass is 16.3. The Morgan fingerprint density at radius 2 is 1.68 bits per heavy atom. The van der Waals surface area contributed by atoms with Crippen molar-refractivity contribution in [1.82, 2.24) is 9.80 Å². The number of hydrogen-bond donors (Lipinski definition) is 1. The van der Waals surface area contributed by atoms with Crippen LogP contribution in [0.5, 0.6) is 0 Å². The molecule has 0 radical (unpaired) electrons. The van der Waals surface area contributed by atoms with E-state index in [9.17, 15) is 9.59 Å². The summed E-state index contributed by atoms with van der Waals surface area (Å²) in [4.78, 5) is 29.0. The lowest BCUT2D eigenvalue weighted by Crippen LogP contribution is -2.33. The van der Waals surface area contributed by atoms with Gasteiger partial charge in [0.05, 0.1) is 0 Å². The van der Waals surface area contributed by atoms with Gasteiger partial charge in [0.2, 0.25) is 5.91 Å². The van der Waals surface area contributed by atoms with E-state index in [-0.39, 0.29) is 11.8 Å². The highest BCUT2D eigenvalue weighted by Crippen LogP contribution is 2.32. The minimum atomic E-state index is -0.361. The molecule has 3 aromatic rings. The number of fused-ring (bicyclic) bond motifs is 2. The van der Waals surface area contributed by atoms with Gasteiger partial charge in [0, 0.05) is 37.1 Å². The van der Waals surface area contributed by atoms with Gasteiger partial charge in [-0.15, -0.1) is 0 Å². The summed E-state index contributed by atoms with van der Waals surface area (Å²) in [5.74, 6) is 1.12. The number of para-hydroxylation sites is 1. The van der Waals surface area contributed by atoms with Crippen LogP contribution in [0.3, 0.4) is 0 Å². The monoisotopic (exact) mass is 417 g/mol. The second-order valence-corrected chi connectivity index (χ2v) is 8.76. The molecule has 5 rings (SSSR count). The highest BCUT2D eigenvalue weighted by molar-refractivity contribution is 5.96. The molecule has 2 aromatic carbocycles. The number of benzene rings is 2. The van der Waals surface area contributed by atoms with E-state index < -0.39 is 0 Å². The van der Waals surface area contributed by atoms with E-state index in [0.717, 1.165) is 62.1 Å². The van der Waals surface area contributed by atoms with Crippen molar-refractivity contribution in [3.63, 3.8) is 0 Å². The standard InChI is InChI=1S/C25H27N3O3/c26-24(29)21-9-3-1-6-17(21)8-5-11-27-13-19-15-28(16-20(19)14-27)25(30)23-12-18-7-2-4-10-22(18)31-23/h1-4,6-7,9-10,12,19-20H,5,8,11,13-16H2,(H2,26,29)/t19-,20?/m0/s1. The third-order valence-corrected chi connectivity index (χ3v) is 6.69. The maximum absolute atomic E-state index is 12.9. The second-order valence-electron chi connectivity index (χ2n) is 8.76. The summed E-state index contributed by atoms with van der Waals surface area (Å²) in [6.45, 7) is 4.62. The van der Waals surface area contributed by atoms with Gasteiger partial charge in [-0.3, -0.25) is 9.59 Å². The summed E-state index contributed by atoms with van der Waals surface area (Å²) in [6.07, 6.45) is 1.84. The molecule has 160 valence electrons. The predicted octanol–water partition coefficient (Wildman–Crippen LogP) is 3.17. The average molecular weight is 418 g/mol. The first kappa shape index (κ1) is 19.8. The number of hydrogen-bond acceptors (Lipinski definition) is 4. The minimum Gasteiger partial charge on any atom is -0.451 e. The summed E-state index contributed by atoms with van der Waals surface area (Å²) >= 11 is 0. The number of carbonyl (C=O) groups is 2. The number of amides is 2. The van der Waals surface area contributed by atoms with Gasteiger partial charge < -0.3 is 20.0 Å². The summed E-state index contributed by atoms with van der Waals surface area (Å²) in [6, 6.07) is 17.2. The summed E-state index contributed by atoms with van der Waals surface area (Å²) in [7, 11) is 0. The van der Waals surface area contributed by atoms with Crippen LogP contribution in [0.1, 0.15) is 32.9 Å². The van der Waals surface area contributed by atoms with Crippen LogP contribution in [0, 0.1) is 11.8 Å². The lowest BCUT2D eigenvalue weighted by Gasteiger charge is -2.21. The fourth-order valence-corrected chi connectivity index (χ4v) is 5.15. The van der Waals surface area contributed by atoms with Crippen molar-refractivity contribution in [3.05, 3.63) is 71.5 Å². The first-order valence-electron chi connectivity index (χ1n) is 11.0. The number of rotatable bonds is 6. The molecule has 0 saturated carbocycles. The first-order valence-corrected chi connectivity index (χ1v) is 11.0. The molecule has 2 N–H and O–H groups in total. The lowest BCUT2D eigenvalue weighted by atomic mass is 10.0. The minimum absolute atomic E-state index is 0.000193. The third-order valence-electron chi connectivity index (χ3n) is 6.69. The quantitative estimate of drug-likeness (QED) is 0.668. The topological polar surface area (TPSA) is 79.8 Å². The Kier molecular flexibility index (Phi) is 5.24. The van der Waals surface area contributed by atoms with Crippen molar-refractivity contribution >= 4 is 22.8 Å². The summed E-state index contributed by atoms with van der Waals surface area (Å²) in [5, 5.41) is 0.967. The van der Waals surface area contributed by atoms with Gasteiger partial charge in [0.1, 0.15) is 5.58 Å². The molecule has 3 heterocycles. The van der Waals surface area contributed by atoms with Crippen LogP contribution < -0.4 is 5.73 Å². The fourth-order valence-electron chi connectivity index (χ4n) is 5.15. The zero-order valence-electron chi connectivity index (χ0n) is 17.5. The molecule has 31 heavy (non-hydrogen) atoms. The molecule has 2 amide bonds. The lowest BCUT2D eigenvalue weighted by molar-refractivity contribution is 0.0744. The van der Waals surface area contributed by atoms with Crippen molar-refractivity contribution < 1.29 is 14.0 Å². The molecule has 2 atom stereocenters. The third kappa shape index (κ3) is 3.95. The Hall–Kier alpha value is -3.12. The normalized spacial score (nSPS) is 21.0. The number of nitrogens with zero attached hydrogens (tertiary/aromatic N) is 2. The molecule has 0 spiro atoms. The Balaban J connectivity index is 1.13. The number of aryl methyl sites for hydroxylation is 1. The molecular weight excluding hydrogens is 390 g/mol. The molecule has 2 saturated heterocycles. The van der Waals surface area contributed by atoms with Gasteiger partial charge in [0.25, 0.3) is 5.91 Å². The van der Waals surface area contributed by atoms with Crippen LogP contribution in [0.15, 0.2) is 59.0 Å². The number of carbonyl (C=O) groups excluding carboxylic acids is 2. The summed E-state index contributed by atoms with van der Waals surface area (Å²) < 4.78 is 5.77. The van der Waals surface area contributed by atoms with Crippen molar-refractivity contribution in [3.8, 4) is 0 Å². The average Bonchev–Trinajstić information content (AvgIpc) is 3.46. The van der Waals surface area contributed by atoms with Crippen molar-refractivity contribution in [1.29, 1.82) is 0 Å². The molecular formula is C25H27N3O3. The van der Waals surface area contributed by atoms with Gasteiger partial charge in [-0.1, -0.05) is 36.4 Å². The highest BCUT2D eigenvalue weighted by Gasteiger charge is 2.42.